The zero-order chi connectivity index (χ0) is 10.1. The summed E-state index contributed by atoms with van der Waals surface area (Å²) in [5.74, 6) is -0.836. The van der Waals surface area contributed by atoms with Crippen LogP contribution in [0.3, 0.4) is 0 Å². The van der Waals surface area contributed by atoms with Gasteiger partial charge >= 0.3 is 5.97 Å². The second-order valence-corrected chi connectivity index (χ2v) is 2.91. The van der Waals surface area contributed by atoms with E-state index >= 15 is 0 Å². The highest BCUT2D eigenvalue weighted by molar-refractivity contribution is 5.66. The number of rotatable bonds is 2. The summed E-state index contributed by atoms with van der Waals surface area (Å²) in [6, 6.07) is 0. The predicted molar refractivity (Wildman–Crippen MR) is 49.4 cm³/mol. The minimum absolute atomic E-state index is 0.0266. The van der Waals surface area contributed by atoms with E-state index in [-0.39, 0.29) is 19.1 Å². The van der Waals surface area contributed by atoms with Crippen LogP contribution in [0.25, 0.3) is 0 Å². The molecule has 0 aromatic carbocycles. The van der Waals surface area contributed by atoms with Gasteiger partial charge in [-0.2, -0.15) is 0 Å². The van der Waals surface area contributed by atoms with Gasteiger partial charge in [0.2, 0.25) is 0 Å². The maximum atomic E-state index is 9.52. The molecule has 0 bridgehead atoms. The summed E-state index contributed by atoms with van der Waals surface area (Å²) >= 11 is 0. The average Bonchev–Trinajstić information content (AvgIpc) is 2.06. The van der Waals surface area contributed by atoms with Gasteiger partial charge in [-0.3, -0.25) is 4.79 Å². The number of hydrogen-bond acceptors (Lipinski definition) is 4. The highest BCUT2D eigenvalue weighted by atomic mass is 16.4. The zero-order valence-electron chi connectivity index (χ0n) is 7.70. The molecule has 5 nitrogen and oxygen atoms in total. The van der Waals surface area contributed by atoms with Crippen LogP contribution in [0.5, 0.6) is 0 Å². The van der Waals surface area contributed by atoms with Crippen molar-refractivity contribution in [2.75, 3.05) is 19.6 Å². The van der Waals surface area contributed by atoms with Gasteiger partial charge in [0.1, 0.15) is 0 Å². The minimum Gasteiger partial charge on any atom is -0.481 e. The van der Waals surface area contributed by atoms with Crippen LogP contribution in [0, 0.1) is 0 Å². The van der Waals surface area contributed by atoms with Crippen molar-refractivity contribution in [2.45, 2.75) is 25.4 Å². The van der Waals surface area contributed by atoms with Crippen molar-refractivity contribution in [3.63, 3.8) is 0 Å². The molecule has 0 amide bonds. The monoisotopic (exact) mass is 190 g/mol. The maximum absolute atomic E-state index is 9.52. The number of nitrogens with two attached hydrogens (primary N) is 1. The van der Waals surface area contributed by atoms with E-state index in [1.807, 2.05) is 0 Å². The predicted octanol–water partition coefficient (Wildman–Crippen LogP) is -0.849. The molecule has 0 unspecified atom stereocenters. The van der Waals surface area contributed by atoms with Crippen molar-refractivity contribution in [1.29, 1.82) is 0 Å². The lowest BCUT2D eigenvalue weighted by molar-refractivity contribution is -0.136. The summed E-state index contributed by atoms with van der Waals surface area (Å²) in [7, 11) is 0. The van der Waals surface area contributed by atoms with Crippen molar-refractivity contribution in [2.24, 2.45) is 5.73 Å². The first-order valence-corrected chi connectivity index (χ1v) is 4.47. The molecule has 78 valence electrons. The van der Waals surface area contributed by atoms with Crippen LogP contribution in [-0.2, 0) is 4.79 Å². The van der Waals surface area contributed by atoms with E-state index in [1.54, 1.807) is 0 Å². The van der Waals surface area contributed by atoms with Gasteiger partial charge in [0.25, 0.3) is 0 Å². The van der Waals surface area contributed by atoms with Crippen molar-refractivity contribution in [1.82, 2.24) is 5.32 Å². The van der Waals surface area contributed by atoms with E-state index in [1.165, 1.54) is 0 Å². The summed E-state index contributed by atoms with van der Waals surface area (Å²) in [5.41, 5.74) is 4.85. The van der Waals surface area contributed by atoms with E-state index in [4.69, 9.17) is 15.9 Å². The summed E-state index contributed by atoms with van der Waals surface area (Å²) in [5, 5.41) is 19.9. The van der Waals surface area contributed by atoms with Gasteiger partial charge in [-0.05, 0) is 25.9 Å². The number of carbonyl (C=O) groups is 1. The van der Waals surface area contributed by atoms with Gasteiger partial charge in [-0.1, -0.05) is 0 Å². The summed E-state index contributed by atoms with van der Waals surface area (Å²) < 4.78 is 0. The number of carboxylic acid groups (broad SMARTS) is 1. The Morgan fingerprint density at radius 3 is 2.15 bits per heavy atom. The Kier molecular flexibility index (Phi) is 7.57. The molecule has 1 saturated heterocycles. The van der Waals surface area contributed by atoms with E-state index < -0.39 is 5.97 Å². The van der Waals surface area contributed by atoms with Crippen LogP contribution in [0.2, 0.25) is 0 Å². The standard InChI is InChI=1S/C5H11NO.C3H7NO2/c7-5-1-3-6-4-2-5;4-2-1-3(5)6/h5-7H,1-4H2;1-2,4H2,(H,5,6). The van der Waals surface area contributed by atoms with Crippen LogP contribution in [-0.4, -0.2) is 41.9 Å². The molecule has 0 atom stereocenters. The van der Waals surface area contributed by atoms with Crippen LogP contribution in [0.1, 0.15) is 19.3 Å². The third kappa shape index (κ3) is 9.26. The Hall–Kier alpha value is -0.650. The molecule has 1 heterocycles. The second kappa shape index (κ2) is 7.97. The second-order valence-electron chi connectivity index (χ2n) is 2.91. The lowest BCUT2D eigenvalue weighted by Gasteiger charge is -2.16. The highest BCUT2D eigenvalue weighted by Gasteiger charge is 2.06. The molecule has 0 spiro atoms. The smallest absolute Gasteiger partial charge is 0.304 e. The van der Waals surface area contributed by atoms with Gasteiger partial charge in [-0.25, -0.2) is 0 Å². The SMILES string of the molecule is NCCC(=O)O.OC1CCNCC1. The molecule has 0 aromatic rings. The number of carboxylic acids is 1. The van der Waals surface area contributed by atoms with Crippen LogP contribution in [0.15, 0.2) is 0 Å². The molecule has 0 radical (unpaired) electrons. The van der Waals surface area contributed by atoms with Crippen molar-refractivity contribution in [3.8, 4) is 0 Å². The molecule has 5 heteroatoms. The highest BCUT2D eigenvalue weighted by Crippen LogP contribution is 1.99. The minimum atomic E-state index is -0.836. The normalized spacial score (nSPS) is 17.4. The average molecular weight is 190 g/mol. The van der Waals surface area contributed by atoms with E-state index in [2.05, 4.69) is 5.32 Å². The van der Waals surface area contributed by atoms with Gasteiger partial charge in [0, 0.05) is 6.54 Å². The lowest BCUT2D eigenvalue weighted by Crippen LogP contribution is -2.30. The van der Waals surface area contributed by atoms with Crippen molar-refractivity contribution in [3.05, 3.63) is 0 Å². The molecule has 0 saturated carbocycles. The number of piperidine rings is 1. The first-order valence-electron chi connectivity index (χ1n) is 4.47. The number of nitrogens with one attached hydrogen (secondary N) is 1. The molecule has 5 N–H and O–H groups in total. The van der Waals surface area contributed by atoms with Gasteiger partial charge in [0.15, 0.2) is 0 Å². The summed E-state index contributed by atoms with van der Waals surface area (Å²) in [6.07, 6.45) is 1.90. The van der Waals surface area contributed by atoms with Crippen molar-refractivity contribution < 1.29 is 15.0 Å². The fourth-order valence-corrected chi connectivity index (χ4v) is 0.930. The van der Waals surface area contributed by atoms with Gasteiger partial charge < -0.3 is 21.3 Å². The zero-order valence-corrected chi connectivity index (χ0v) is 7.70. The molecule has 0 aliphatic carbocycles. The van der Waals surface area contributed by atoms with Crippen LogP contribution >= 0.6 is 0 Å². The van der Waals surface area contributed by atoms with E-state index in [0.29, 0.717) is 0 Å². The first kappa shape index (κ1) is 12.3. The molecule has 1 fully saturated rings. The molecular formula is C8H18N2O3. The Labute approximate surface area is 77.9 Å². The number of hydrogen-bond donors (Lipinski definition) is 4. The topological polar surface area (TPSA) is 95.6 Å². The van der Waals surface area contributed by atoms with Gasteiger partial charge in [0.05, 0.1) is 12.5 Å². The molecule has 1 aliphatic rings. The quantitative estimate of drug-likeness (QED) is 0.455. The Balaban J connectivity index is 0.000000226. The fraction of sp³-hybridized carbons (Fsp3) is 0.875. The number of aliphatic hydroxyl groups is 1. The van der Waals surface area contributed by atoms with E-state index in [9.17, 15) is 4.79 Å². The molecule has 0 aromatic heterocycles. The summed E-state index contributed by atoms with van der Waals surface area (Å²) in [4.78, 5) is 9.52. The molecular weight excluding hydrogens is 172 g/mol. The third-order valence-corrected chi connectivity index (χ3v) is 1.67. The fourth-order valence-electron chi connectivity index (χ4n) is 0.930. The lowest BCUT2D eigenvalue weighted by atomic mass is 10.1. The largest absolute Gasteiger partial charge is 0.481 e. The number of aliphatic carboxylic acids is 1. The molecule has 1 rings (SSSR count). The van der Waals surface area contributed by atoms with E-state index in [0.717, 1.165) is 25.9 Å². The Morgan fingerprint density at radius 2 is 2.00 bits per heavy atom. The molecule has 1 aliphatic heterocycles. The maximum Gasteiger partial charge on any atom is 0.304 e. The molecule has 13 heavy (non-hydrogen) atoms. The first-order chi connectivity index (χ1) is 6.16. The number of aliphatic hydroxyl groups excluding tert-OH is 1. The Morgan fingerprint density at radius 1 is 1.46 bits per heavy atom. The van der Waals surface area contributed by atoms with Crippen LogP contribution < -0.4 is 11.1 Å². The van der Waals surface area contributed by atoms with Crippen molar-refractivity contribution >= 4 is 5.97 Å². The van der Waals surface area contributed by atoms with Gasteiger partial charge in [-0.15, -0.1) is 0 Å². The Bertz CT molecular complexity index is 135. The summed E-state index contributed by atoms with van der Waals surface area (Å²) in [6.45, 7) is 2.21. The van der Waals surface area contributed by atoms with Crippen LogP contribution in [0.4, 0.5) is 0 Å². The third-order valence-electron chi connectivity index (χ3n) is 1.67.